The number of benzene rings is 1. The van der Waals surface area contributed by atoms with Crippen LogP contribution in [0.3, 0.4) is 0 Å². The Morgan fingerprint density at radius 2 is 1.92 bits per heavy atom. The Hall–Kier alpha value is -2.12. The molecule has 0 saturated heterocycles. The van der Waals surface area contributed by atoms with E-state index >= 15 is 0 Å². The minimum absolute atomic E-state index is 0.0629. The monoisotopic (exact) mass is 376 g/mol. The van der Waals surface area contributed by atoms with Gasteiger partial charge in [-0.1, -0.05) is 25.3 Å². The lowest BCUT2D eigenvalue weighted by molar-refractivity contribution is 0.0943. The Kier molecular flexibility index (Phi) is 6.11. The third-order valence-electron chi connectivity index (χ3n) is 4.70. The fraction of sp³-hybridized carbons (Fsp3) is 0.421. The van der Waals surface area contributed by atoms with Crippen LogP contribution < -0.4 is 10.0 Å². The van der Waals surface area contributed by atoms with Gasteiger partial charge in [0.25, 0.3) is 5.91 Å². The summed E-state index contributed by atoms with van der Waals surface area (Å²) in [6.45, 7) is 0.708. The second kappa shape index (κ2) is 8.51. The van der Waals surface area contributed by atoms with Crippen molar-refractivity contribution in [3.8, 4) is 0 Å². The number of nitrogens with one attached hydrogen (secondary N) is 2. The van der Waals surface area contributed by atoms with Crippen molar-refractivity contribution < 1.29 is 17.6 Å². The summed E-state index contributed by atoms with van der Waals surface area (Å²) in [6, 6.07) is 9.47. The summed E-state index contributed by atoms with van der Waals surface area (Å²) < 4.78 is 32.4. The number of hydrogen-bond donors (Lipinski definition) is 2. The van der Waals surface area contributed by atoms with Crippen LogP contribution in [0.4, 0.5) is 0 Å². The maximum absolute atomic E-state index is 12.4. The molecule has 26 heavy (non-hydrogen) atoms. The van der Waals surface area contributed by atoms with Crippen molar-refractivity contribution in [3.63, 3.8) is 0 Å². The van der Waals surface area contributed by atoms with Gasteiger partial charge in [0, 0.05) is 12.1 Å². The van der Waals surface area contributed by atoms with Crippen LogP contribution in [0.15, 0.2) is 52.0 Å². The number of rotatable bonds is 7. The van der Waals surface area contributed by atoms with Crippen molar-refractivity contribution >= 4 is 15.9 Å². The van der Waals surface area contributed by atoms with E-state index in [1.807, 2.05) is 0 Å². The third kappa shape index (κ3) is 4.95. The molecule has 7 heteroatoms. The first kappa shape index (κ1) is 18.7. The van der Waals surface area contributed by atoms with E-state index in [1.54, 1.807) is 24.3 Å². The lowest BCUT2D eigenvalue weighted by Gasteiger charge is -2.21. The molecule has 1 aliphatic rings. The molecule has 2 aromatic rings. The number of sulfonamides is 1. The molecule has 1 heterocycles. The van der Waals surface area contributed by atoms with Gasteiger partial charge in [-0.3, -0.25) is 4.79 Å². The van der Waals surface area contributed by atoms with Gasteiger partial charge in [-0.2, -0.15) is 0 Å². The summed E-state index contributed by atoms with van der Waals surface area (Å²) in [4.78, 5) is 12.4. The summed E-state index contributed by atoms with van der Waals surface area (Å²) in [6.07, 6.45) is 7.48. The van der Waals surface area contributed by atoms with Gasteiger partial charge in [-0.05, 0) is 49.1 Å². The SMILES string of the molecule is O=C(NCC1CCCCC1)c1cccc(S(=O)(=O)NCc2ccco2)c1. The molecule has 1 aliphatic carbocycles. The van der Waals surface area contributed by atoms with E-state index in [0.29, 0.717) is 23.8 Å². The van der Waals surface area contributed by atoms with Crippen molar-refractivity contribution in [1.82, 2.24) is 10.0 Å². The zero-order valence-corrected chi connectivity index (χ0v) is 15.4. The standard InChI is InChI=1S/C19H24N2O4S/c22-19(20-13-15-6-2-1-3-7-15)16-8-4-10-18(12-16)26(23,24)21-14-17-9-5-11-25-17/h4-5,8-12,15,21H,1-3,6-7,13-14H2,(H,20,22). The molecule has 0 atom stereocenters. The molecule has 1 aromatic carbocycles. The summed E-state index contributed by atoms with van der Waals surface area (Å²) in [7, 11) is -3.72. The fourth-order valence-electron chi connectivity index (χ4n) is 3.20. The molecule has 0 radical (unpaired) electrons. The molecule has 0 aliphatic heterocycles. The zero-order valence-electron chi connectivity index (χ0n) is 14.6. The third-order valence-corrected chi connectivity index (χ3v) is 6.10. The maximum atomic E-state index is 12.4. The Morgan fingerprint density at radius 3 is 2.65 bits per heavy atom. The van der Waals surface area contributed by atoms with Crippen molar-refractivity contribution in [2.75, 3.05) is 6.54 Å². The van der Waals surface area contributed by atoms with Gasteiger partial charge in [0.15, 0.2) is 0 Å². The Labute approximate surface area is 154 Å². The van der Waals surface area contributed by atoms with E-state index < -0.39 is 10.0 Å². The van der Waals surface area contributed by atoms with E-state index in [9.17, 15) is 13.2 Å². The first-order valence-electron chi connectivity index (χ1n) is 8.95. The summed E-state index contributed by atoms with van der Waals surface area (Å²) >= 11 is 0. The minimum Gasteiger partial charge on any atom is -0.468 e. The Morgan fingerprint density at radius 1 is 1.12 bits per heavy atom. The van der Waals surface area contributed by atoms with Crippen LogP contribution in [0.2, 0.25) is 0 Å². The van der Waals surface area contributed by atoms with E-state index in [4.69, 9.17) is 4.42 Å². The van der Waals surface area contributed by atoms with Crippen LogP contribution in [0.1, 0.15) is 48.2 Å². The smallest absolute Gasteiger partial charge is 0.251 e. The molecular formula is C19H24N2O4S. The highest BCUT2D eigenvalue weighted by atomic mass is 32.2. The molecule has 6 nitrogen and oxygen atoms in total. The van der Waals surface area contributed by atoms with E-state index in [-0.39, 0.29) is 17.3 Å². The second-order valence-corrected chi connectivity index (χ2v) is 8.41. The van der Waals surface area contributed by atoms with Crippen LogP contribution in [-0.4, -0.2) is 20.9 Å². The van der Waals surface area contributed by atoms with Crippen LogP contribution in [0, 0.1) is 5.92 Å². The van der Waals surface area contributed by atoms with Crippen LogP contribution in [-0.2, 0) is 16.6 Å². The number of carbonyl (C=O) groups excluding carboxylic acids is 1. The molecule has 1 amide bonds. The van der Waals surface area contributed by atoms with Gasteiger partial charge in [-0.15, -0.1) is 0 Å². The van der Waals surface area contributed by atoms with Crippen molar-refractivity contribution in [3.05, 3.63) is 54.0 Å². The number of furan rings is 1. The molecule has 1 aromatic heterocycles. The largest absolute Gasteiger partial charge is 0.468 e. The number of hydrogen-bond acceptors (Lipinski definition) is 4. The van der Waals surface area contributed by atoms with Crippen LogP contribution in [0.5, 0.6) is 0 Å². The van der Waals surface area contributed by atoms with Gasteiger partial charge in [0.2, 0.25) is 10.0 Å². The molecule has 0 unspecified atom stereocenters. The predicted molar refractivity (Wildman–Crippen MR) is 98.1 cm³/mol. The van der Waals surface area contributed by atoms with E-state index in [2.05, 4.69) is 10.0 Å². The molecule has 3 rings (SSSR count). The molecule has 0 spiro atoms. The highest BCUT2D eigenvalue weighted by Crippen LogP contribution is 2.23. The average Bonchev–Trinajstić information content (AvgIpc) is 3.19. The summed E-state index contributed by atoms with van der Waals surface area (Å²) in [5, 5.41) is 2.93. The average molecular weight is 376 g/mol. The second-order valence-electron chi connectivity index (χ2n) is 6.65. The normalized spacial score (nSPS) is 15.7. The molecule has 1 fully saturated rings. The van der Waals surface area contributed by atoms with E-state index in [1.165, 1.54) is 37.7 Å². The predicted octanol–water partition coefficient (Wildman–Crippen LogP) is 3.07. The Balaban J connectivity index is 1.61. The van der Waals surface area contributed by atoms with Gasteiger partial charge < -0.3 is 9.73 Å². The lowest BCUT2D eigenvalue weighted by Crippen LogP contribution is -2.30. The lowest BCUT2D eigenvalue weighted by atomic mass is 9.89. The minimum atomic E-state index is -3.72. The van der Waals surface area contributed by atoms with Gasteiger partial charge in [-0.25, -0.2) is 13.1 Å². The van der Waals surface area contributed by atoms with Gasteiger partial charge in [0.1, 0.15) is 5.76 Å². The van der Waals surface area contributed by atoms with Crippen molar-refractivity contribution in [1.29, 1.82) is 0 Å². The highest BCUT2D eigenvalue weighted by molar-refractivity contribution is 7.89. The number of carbonyl (C=O) groups is 1. The van der Waals surface area contributed by atoms with Crippen LogP contribution in [0.25, 0.3) is 0 Å². The molecular weight excluding hydrogens is 352 g/mol. The maximum Gasteiger partial charge on any atom is 0.251 e. The first-order valence-corrected chi connectivity index (χ1v) is 10.4. The summed E-state index contributed by atoms with van der Waals surface area (Å²) in [5.74, 6) is 0.809. The van der Waals surface area contributed by atoms with E-state index in [0.717, 1.165) is 12.8 Å². The molecule has 2 N–H and O–H groups in total. The van der Waals surface area contributed by atoms with Gasteiger partial charge >= 0.3 is 0 Å². The number of amides is 1. The van der Waals surface area contributed by atoms with Crippen molar-refractivity contribution in [2.24, 2.45) is 5.92 Å². The molecule has 0 bridgehead atoms. The van der Waals surface area contributed by atoms with Crippen molar-refractivity contribution in [2.45, 2.75) is 43.5 Å². The highest BCUT2D eigenvalue weighted by Gasteiger charge is 2.18. The zero-order chi connectivity index (χ0) is 18.4. The summed E-state index contributed by atoms with van der Waals surface area (Å²) in [5.41, 5.74) is 0.349. The fourth-order valence-corrected chi connectivity index (χ4v) is 4.24. The van der Waals surface area contributed by atoms with Crippen LogP contribution >= 0.6 is 0 Å². The quantitative estimate of drug-likeness (QED) is 0.777. The molecule has 140 valence electrons. The van der Waals surface area contributed by atoms with Gasteiger partial charge in [0.05, 0.1) is 17.7 Å². The Bertz CT molecular complexity index is 825. The molecule has 1 saturated carbocycles. The topological polar surface area (TPSA) is 88.4 Å². The first-order chi connectivity index (χ1) is 12.5.